The van der Waals surface area contributed by atoms with Crippen LogP contribution >= 0.6 is 0 Å². The summed E-state index contributed by atoms with van der Waals surface area (Å²) in [6.45, 7) is 0.978. The van der Waals surface area contributed by atoms with Crippen LogP contribution in [0.5, 0.6) is 0 Å². The third-order valence-electron chi connectivity index (χ3n) is 1.79. The van der Waals surface area contributed by atoms with Crippen molar-refractivity contribution < 1.29 is 9.84 Å². The third kappa shape index (κ3) is 0.693. The highest BCUT2D eigenvalue weighted by Gasteiger charge is 2.31. The Morgan fingerprint density at radius 1 is 1.90 bits per heavy atom. The van der Waals surface area contributed by atoms with E-state index in [1.165, 1.54) is 0 Å². The number of aliphatic hydroxyl groups excluding tert-OH is 1. The lowest BCUT2D eigenvalue weighted by molar-refractivity contribution is 0.0607. The van der Waals surface area contributed by atoms with Gasteiger partial charge in [-0.3, -0.25) is 5.01 Å². The van der Waals surface area contributed by atoms with Crippen LogP contribution in [0.25, 0.3) is 0 Å². The average molecular weight is 142 g/mol. The molecule has 0 aliphatic carbocycles. The predicted octanol–water partition coefficient (Wildman–Crippen LogP) is -0.613. The maximum Gasteiger partial charge on any atom is 0.186 e. The fraction of sp³-hybridized carbons (Fsp3) is 0.667. The van der Waals surface area contributed by atoms with Gasteiger partial charge in [-0.2, -0.15) is 0 Å². The molecule has 4 nitrogen and oxygen atoms in total. The first-order valence-electron chi connectivity index (χ1n) is 3.40. The van der Waals surface area contributed by atoms with E-state index in [1.54, 1.807) is 6.26 Å². The molecule has 0 bridgehead atoms. The Kier molecular flexibility index (Phi) is 1.28. The summed E-state index contributed by atoms with van der Waals surface area (Å²) >= 11 is 0. The van der Waals surface area contributed by atoms with E-state index in [4.69, 9.17) is 9.84 Å². The lowest BCUT2D eigenvalue weighted by atomic mass is 10.4. The second-order valence-corrected chi connectivity index (χ2v) is 2.42. The molecular weight excluding hydrogens is 132 g/mol. The molecule has 2 heterocycles. The van der Waals surface area contributed by atoms with Gasteiger partial charge in [0.15, 0.2) is 6.23 Å². The van der Waals surface area contributed by atoms with Crippen LogP contribution in [0, 0.1) is 0 Å². The number of hydrazine groups is 1. The van der Waals surface area contributed by atoms with Gasteiger partial charge in [0.2, 0.25) is 0 Å². The minimum absolute atomic E-state index is 0.0451. The fourth-order valence-corrected chi connectivity index (χ4v) is 1.28. The molecule has 2 N–H and O–H groups in total. The molecule has 1 saturated heterocycles. The van der Waals surface area contributed by atoms with Gasteiger partial charge in [-0.25, -0.2) is 5.43 Å². The topological polar surface area (TPSA) is 44.7 Å². The van der Waals surface area contributed by atoms with Crippen molar-refractivity contribution in [1.82, 2.24) is 10.4 Å². The molecule has 4 heteroatoms. The van der Waals surface area contributed by atoms with Crippen molar-refractivity contribution in [3.8, 4) is 0 Å². The minimum atomic E-state index is 0.0451. The molecule has 0 aromatic heterocycles. The number of hydrogen-bond acceptors (Lipinski definition) is 4. The van der Waals surface area contributed by atoms with Crippen LogP contribution in [0.3, 0.4) is 0 Å². The standard InChI is InChI=1S/C6H10N2O2/c9-3-5-4-10-6-1-2-7-8(5)6/h4,6-7,9H,1-3H2. The van der Waals surface area contributed by atoms with Crippen molar-refractivity contribution in [3.05, 3.63) is 12.0 Å². The Labute approximate surface area is 59.1 Å². The maximum absolute atomic E-state index is 8.78. The van der Waals surface area contributed by atoms with Crippen LogP contribution < -0.4 is 5.43 Å². The van der Waals surface area contributed by atoms with Gasteiger partial charge < -0.3 is 9.84 Å². The lowest BCUT2D eigenvalue weighted by Gasteiger charge is -2.17. The summed E-state index contributed by atoms with van der Waals surface area (Å²) < 4.78 is 5.22. The second-order valence-electron chi connectivity index (χ2n) is 2.42. The highest BCUT2D eigenvalue weighted by molar-refractivity contribution is 5.04. The van der Waals surface area contributed by atoms with Crippen molar-refractivity contribution in [2.75, 3.05) is 13.2 Å². The van der Waals surface area contributed by atoms with Gasteiger partial charge in [0.05, 0.1) is 12.3 Å². The summed E-state index contributed by atoms with van der Waals surface area (Å²) in [5, 5.41) is 10.7. The summed E-state index contributed by atoms with van der Waals surface area (Å²) in [4.78, 5) is 0. The molecule has 0 spiro atoms. The van der Waals surface area contributed by atoms with E-state index in [0.717, 1.165) is 18.7 Å². The van der Waals surface area contributed by atoms with E-state index in [1.807, 2.05) is 5.01 Å². The monoisotopic (exact) mass is 142 g/mol. The van der Waals surface area contributed by atoms with Crippen LogP contribution in [0.4, 0.5) is 0 Å². The predicted molar refractivity (Wildman–Crippen MR) is 34.5 cm³/mol. The first-order chi connectivity index (χ1) is 4.92. The molecule has 56 valence electrons. The number of rotatable bonds is 1. The first-order valence-corrected chi connectivity index (χ1v) is 3.40. The van der Waals surface area contributed by atoms with Gasteiger partial charge in [0.25, 0.3) is 0 Å². The molecule has 2 rings (SSSR count). The molecule has 0 aromatic carbocycles. The number of fused-ring (bicyclic) bond motifs is 1. The number of ether oxygens (including phenoxy) is 1. The summed E-state index contributed by atoms with van der Waals surface area (Å²) in [5.41, 5.74) is 3.92. The molecule has 1 unspecified atom stereocenters. The smallest absolute Gasteiger partial charge is 0.186 e. The summed E-state index contributed by atoms with van der Waals surface area (Å²) in [7, 11) is 0. The van der Waals surface area contributed by atoms with Crippen LogP contribution in [0.2, 0.25) is 0 Å². The zero-order chi connectivity index (χ0) is 6.97. The highest BCUT2D eigenvalue weighted by atomic mass is 16.5. The van der Waals surface area contributed by atoms with Crippen molar-refractivity contribution >= 4 is 0 Å². The lowest BCUT2D eigenvalue weighted by Crippen LogP contribution is -2.34. The fourth-order valence-electron chi connectivity index (χ4n) is 1.28. The molecule has 1 atom stereocenters. The number of hydrogen-bond donors (Lipinski definition) is 2. The van der Waals surface area contributed by atoms with Gasteiger partial charge in [-0.1, -0.05) is 0 Å². The van der Waals surface area contributed by atoms with Gasteiger partial charge in [0.1, 0.15) is 6.26 Å². The number of aliphatic hydroxyl groups is 1. The minimum Gasteiger partial charge on any atom is -0.475 e. The molecule has 0 amide bonds. The van der Waals surface area contributed by atoms with Crippen LogP contribution in [0.15, 0.2) is 12.0 Å². The molecule has 2 aliphatic heterocycles. The van der Waals surface area contributed by atoms with Crippen LogP contribution in [-0.2, 0) is 4.74 Å². The first kappa shape index (κ1) is 6.00. The summed E-state index contributed by atoms with van der Waals surface area (Å²) in [5.74, 6) is 0. The number of nitrogens with one attached hydrogen (secondary N) is 1. The summed E-state index contributed by atoms with van der Waals surface area (Å²) in [6, 6.07) is 0. The quantitative estimate of drug-likeness (QED) is 0.512. The van der Waals surface area contributed by atoms with Crippen molar-refractivity contribution in [2.45, 2.75) is 12.6 Å². The highest BCUT2D eigenvalue weighted by Crippen LogP contribution is 2.22. The van der Waals surface area contributed by atoms with Gasteiger partial charge in [-0.05, 0) is 0 Å². The zero-order valence-corrected chi connectivity index (χ0v) is 5.58. The molecule has 10 heavy (non-hydrogen) atoms. The van der Waals surface area contributed by atoms with Crippen LogP contribution in [0.1, 0.15) is 6.42 Å². The maximum atomic E-state index is 8.78. The van der Waals surface area contributed by atoms with E-state index in [9.17, 15) is 0 Å². The normalized spacial score (nSPS) is 29.9. The van der Waals surface area contributed by atoms with E-state index >= 15 is 0 Å². The van der Waals surface area contributed by atoms with E-state index in [-0.39, 0.29) is 12.8 Å². The van der Waals surface area contributed by atoms with E-state index in [0.29, 0.717) is 0 Å². The Morgan fingerprint density at radius 3 is 3.60 bits per heavy atom. The Hall–Kier alpha value is -0.740. The van der Waals surface area contributed by atoms with E-state index in [2.05, 4.69) is 5.43 Å². The SMILES string of the molecule is OCC1=COC2CCNN12. The van der Waals surface area contributed by atoms with Gasteiger partial charge in [0, 0.05) is 13.0 Å². The zero-order valence-electron chi connectivity index (χ0n) is 5.58. The molecule has 1 fully saturated rings. The molecular formula is C6H10N2O2. The third-order valence-corrected chi connectivity index (χ3v) is 1.79. The van der Waals surface area contributed by atoms with Gasteiger partial charge >= 0.3 is 0 Å². The Balaban J connectivity index is 2.10. The Bertz CT molecular complexity index is 169. The molecule has 0 saturated carbocycles. The van der Waals surface area contributed by atoms with Gasteiger partial charge in [-0.15, -0.1) is 0 Å². The van der Waals surface area contributed by atoms with Crippen molar-refractivity contribution in [3.63, 3.8) is 0 Å². The number of nitrogens with zero attached hydrogens (tertiary/aromatic N) is 1. The summed E-state index contributed by atoms with van der Waals surface area (Å²) in [6.07, 6.45) is 2.72. The Morgan fingerprint density at radius 2 is 2.80 bits per heavy atom. The molecule has 0 aromatic rings. The largest absolute Gasteiger partial charge is 0.475 e. The van der Waals surface area contributed by atoms with Crippen LogP contribution in [-0.4, -0.2) is 29.5 Å². The second kappa shape index (κ2) is 2.14. The average Bonchev–Trinajstić information content (AvgIpc) is 2.44. The van der Waals surface area contributed by atoms with Crippen molar-refractivity contribution in [2.24, 2.45) is 0 Å². The van der Waals surface area contributed by atoms with Crippen molar-refractivity contribution in [1.29, 1.82) is 0 Å². The van der Waals surface area contributed by atoms with E-state index < -0.39 is 0 Å². The molecule has 0 radical (unpaired) electrons. The molecule has 2 aliphatic rings.